The lowest BCUT2D eigenvalue weighted by atomic mass is 9.98. The molecule has 1 aliphatic carbocycles. The Labute approximate surface area is 207 Å². The van der Waals surface area contributed by atoms with Gasteiger partial charge in [0.15, 0.2) is 0 Å². The highest BCUT2D eigenvalue weighted by Crippen LogP contribution is 2.44. The summed E-state index contributed by atoms with van der Waals surface area (Å²) in [7, 11) is 0. The maximum atomic E-state index is 12.4. The van der Waals surface area contributed by atoms with Crippen molar-refractivity contribution < 1.29 is 24.2 Å². The highest BCUT2D eigenvalue weighted by molar-refractivity contribution is 7.09. The molecule has 35 heavy (non-hydrogen) atoms. The van der Waals surface area contributed by atoms with Crippen LogP contribution in [0.15, 0.2) is 53.9 Å². The first-order valence-electron chi connectivity index (χ1n) is 11.4. The van der Waals surface area contributed by atoms with E-state index in [1.807, 2.05) is 24.3 Å². The van der Waals surface area contributed by atoms with Crippen LogP contribution in [0, 0.1) is 0 Å². The summed E-state index contributed by atoms with van der Waals surface area (Å²) < 4.78 is 5.53. The predicted octanol–water partition coefficient (Wildman–Crippen LogP) is 4.09. The zero-order chi connectivity index (χ0) is 25.0. The molecule has 2 aromatic carbocycles. The quantitative estimate of drug-likeness (QED) is 0.413. The molecule has 2 amide bonds. The van der Waals surface area contributed by atoms with Crippen LogP contribution in [0.4, 0.5) is 4.79 Å². The maximum Gasteiger partial charge on any atom is 0.407 e. The van der Waals surface area contributed by atoms with Gasteiger partial charge >= 0.3 is 12.1 Å². The summed E-state index contributed by atoms with van der Waals surface area (Å²) in [5.74, 6) is -1.52. The van der Waals surface area contributed by atoms with E-state index in [0.29, 0.717) is 10.7 Å². The zero-order valence-corrected chi connectivity index (χ0v) is 20.4. The minimum atomic E-state index is -1.32. The molecule has 0 bridgehead atoms. The second-order valence-corrected chi connectivity index (χ2v) is 9.57. The second kappa shape index (κ2) is 10.3. The number of aromatic nitrogens is 1. The Bertz CT molecular complexity index is 1210. The number of carbonyl (C=O) groups is 3. The molecule has 0 saturated heterocycles. The lowest BCUT2D eigenvalue weighted by Crippen LogP contribution is -2.52. The van der Waals surface area contributed by atoms with Crippen molar-refractivity contribution >= 4 is 29.3 Å². The number of amides is 2. The van der Waals surface area contributed by atoms with Crippen LogP contribution < -0.4 is 10.6 Å². The van der Waals surface area contributed by atoms with Gasteiger partial charge in [-0.3, -0.25) is 4.79 Å². The number of hydrogen-bond donors (Lipinski definition) is 3. The van der Waals surface area contributed by atoms with Gasteiger partial charge in [-0.1, -0.05) is 55.5 Å². The summed E-state index contributed by atoms with van der Waals surface area (Å²) in [4.78, 5) is 40.3. The molecule has 0 radical (unpaired) electrons. The molecule has 1 unspecified atom stereocenters. The highest BCUT2D eigenvalue weighted by atomic mass is 32.1. The number of hydrogen-bond acceptors (Lipinski definition) is 6. The number of thiazole rings is 1. The van der Waals surface area contributed by atoms with Crippen LogP contribution in [-0.4, -0.2) is 40.2 Å². The average Bonchev–Trinajstić information content (AvgIpc) is 3.43. The molecule has 4 rings (SSSR count). The smallest absolute Gasteiger partial charge is 0.407 e. The monoisotopic (exact) mass is 493 g/mol. The fourth-order valence-electron chi connectivity index (χ4n) is 4.12. The number of carbonyl (C=O) groups excluding carboxylic acids is 2. The van der Waals surface area contributed by atoms with Crippen molar-refractivity contribution in [2.45, 2.75) is 44.7 Å². The molecule has 182 valence electrons. The van der Waals surface area contributed by atoms with Crippen LogP contribution >= 0.6 is 11.3 Å². The summed E-state index contributed by atoms with van der Waals surface area (Å²) in [5.41, 5.74) is 3.82. The van der Waals surface area contributed by atoms with Gasteiger partial charge < -0.3 is 20.5 Å². The van der Waals surface area contributed by atoms with Crippen molar-refractivity contribution in [1.82, 2.24) is 15.6 Å². The van der Waals surface area contributed by atoms with Gasteiger partial charge in [0.1, 0.15) is 17.2 Å². The molecule has 3 aromatic rings. The van der Waals surface area contributed by atoms with Crippen LogP contribution in [0.5, 0.6) is 0 Å². The molecule has 1 atom stereocenters. The van der Waals surface area contributed by atoms with E-state index in [1.165, 1.54) is 29.4 Å². The molecule has 0 fully saturated rings. The Kier molecular flexibility index (Phi) is 7.16. The van der Waals surface area contributed by atoms with Gasteiger partial charge in [0, 0.05) is 11.3 Å². The molecule has 0 saturated carbocycles. The highest BCUT2D eigenvalue weighted by Gasteiger charge is 2.33. The first kappa shape index (κ1) is 24.4. The van der Waals surface area contributed by atoms with Crippen LogP contribution in [0.3, 0.4) is 0 Å². The third kappa shape index (κ3) is 5.35. The predicted molar refractivity (Wildman–Crippen MR) is 132 cm³/mol. The summed E-state index contributed by atoms with van der Waals surface area (Å²) in [6.07, 6.45) is -0.313. The summed E-state index contributed by atoms with van der Waals surface area (Å²) in [5, 5.41) is 16.9. The Morgan fingerprint density at radius 1 is 1.09 bits per heavy atom. The number of rotatable bonds is 9. The molecular formula is C26H27N3O5S. The average molecular weight is 494 g/mol. The number of nitrogens with zero attached hydrogens (tertiary/aromatic N) is 1. The van der Waals surface area contributed by atoms with Gasteiger partial charge in [0.25, 0.3) is 0 Å². The van der Waals surface area contributed by atoms with E-state index in [9.17, 15) is 19.5 Å². The van der Waals surface area contributed by atoms with Gasteiger partial charge in [0.05, 0.1) is 18.7 Å². The summed E-state index contributed by atoms with van der Waals surface area (Å²) in [6, 6.07) is 16.3. The first-order chi connectivity index (χ1) is 16.8. The molecule has 1 aromatic heterocycles. The summed E-state index contributed by atoms with van der Waals surface area (Å²) >= 11 is 1.31. The zero-order valence-electron chi connectivity index (χ0n) is 19.5. The number of aliphatic carboxylic acids is 1. The number of fused-ring (bicyclic) bond motifs is 3. The minimum Gasteiger partial charge on any atom is -0.480 e. The minimum absolute atomic E-state index is 0.0160. The van der Waals surface area contributed by atoms with Crippen LogP contribution in [0.2, 0.25) is 0 Å². The van der Waals surface area contributed by atoms with Crippen molar-refractivity contribution in [2.24, 2.45) is 0 Å². The molecule has 3 N–H and O–H groups in total. The molecule has 9 heteroatoms. The van der Waals surface area contributed by atoms with E-state index in [1.54, 1.807) is 12.3 Å². The number of alkyl carbamates (subject to hydrolysis) is 1. The Hall–Kier alpha value is -3.72. The Morgan fingerprint density at radius 2 is 1.71 bits per heavy atom. The van der Waals surface area contributed by atoms with Crippen LogP contribution in [-0.2, 0) is 27.3 Å². The van der Waals surface area contributed by atoms with E-state index in [4.69, 9.17) is 4.74 Å². The van der Waals surface area contributed by atoms with Crippen molar-refractivity contribution in [3.63, 3.8) is 0 Å². The van der Waals surface area contributed by atoms with Crippen LogP contribution in [0.1, 0.15) is 48.0 Å². The van der Waals surface area contributed by atoms with E-state index < -0.39 is 23.5 Å². The first-order valence-corrected chi connectivity index (χ1v) is 12.2. The normalized spacial score (nSPS) is 13.9. The maximum absolute atomic E-state index is 12.4. The lowest BCUT2D eigenvalue weighted by molar-refractivity contribution is -0.146. The van der Waals surface area contributed by atoms with Gasteiger partial charge in [-0.15, -0.1) is 11.3 Å². The van der Waals surface area contributed by atoms with Gasteiger partial charge in [-0.2, -0.15) is 0 Å². The number of carboxylic acids is 1. The van der Waals surface area contributed by atoms with E-state index in [0.717, 1.165) is 11.1 Å². The van der Waals surface area contributed by atoms with Crippen molar-refractivity contribution in [3.8, 4) is 11.1 Å². The van der Waals surface area contributed by atoms with Gasteiger partial charge in [0.2, 0.25) is 5.91 Å². The molecule has 8 nitrogen and oxygen atoms in total. The molecule has 1 heterocycles. The fraction of sp³-hybridized carbons (Fsp3) is 0.308. The van der Waals surface area contributed by atoms with Gasteiger partial charge in [-0.05, 0) is 35.6 Å². The standard InChI is InChI=1S/C26H27N3O5S/c1-3-26(2,24(31)32)29-22(30)12-16-15-35-23(28-16)13-27-25(33)34-14-21-19-10-6-4-8-17(19)18-9-5-7-11-20(18)21/h4-11,15,21H,3,12-14H2,1-2H3,(H,27,33)(H,29,30)(H,31,32). The lowest BCUT2D eigenvalue weighted by Gasteiger charge is -2.24. The molecule has 0 spiro atoms. The SMILES string of the molecule is CCC(C)(NC(=O)Cc1csc(CNC(=O)OCC2c3ccccc3-c3ccccc32)n1)C(=O)O. The second-order valence-electron chi connectivity index (χ2n) is 8.63. The van der Waals surface area contributed by atoms with Crippen LogP contribution in [0.25, 0.3) is 11.1 Å². The van der Waals surface area contributed by atoms with E-state index >= 15 is 0 Å². The largest absolute Gasteiger partial charge is 0.480 e. The number of ether oxygens (including phenoxy) is 1. The van der Waals surface area contributed by atoms with Crippen molar-refractivity contribution in [1.29, 1.82) is 0 Å². The van der Waals surface area contributed by atoms with Crippen molar-refractivity contribution in [3.05, 3.63) is 75.7 Å². The fourth-order valence-corrected chi connectivity index (χ4v) is 4.85. The third-order valence-electron chi connectivity index (χ3n) is 6.26. The van der Waals surface area contributed by atoms with Crippen molar-refractivity contribution in [2.75, 3.05) is 6.61 Å². The van der Waals surface area contributed by atoms with E-state index in [2.05, 4.69) is 39.9 Å². The number of benzene rings is 2. The number of carboxylic acid groups (broad SMARTS) is 1. The Balaban J connectivity index is 1.28. The third-order valence-corrected chi connectivity index (χ3v) is 7.16. The van der Waals surface area contributed by atoms with Gasteiger partial charge in [-0.25, -0.2) is 14.6 Å². The number of nitrogens with one attached hydrogen (secondary N) is 2. The topological polar surface area (TPSA) is 118 Å². The molecular weight excluding hydrogens is 466 g/mol. The molecule has 0 aliphatic heterocycles. The Morgan fingerprint density at radius 3 is 2.31 bits per heavy atom. The van der Waals surface area contributed by atoms with E-state index in [-0.39, 0.29) is 31.9 Å². The summed E-state index contributed by atoms with van der Waals surface area (Å²) in [6.45, 7) is 3.57. The molecule has 1 aliphatic rings.